The van der Waals surface area contributed by atoms with Gasteiger partial charge in [0.05, 0.1) is 12.6 Å². The van der Waals surface area contributed by atoms with Gasteiger partial charge in [-0.05, 0) is 12.0 Å². The fourth-order valence-electron chi connectivity index (χ4n) is 1.93. The van der Waals surface area contributed by atoms with Crippen LogP contribution in [0.4, 0.5) is 0 Å². The van der Waals surface area contributed by atoms with Crippen LogP contribution in [0.5, 0.6) is 0 Å². The fraction of sp³-hybridized carbons (Fsp3) is 0.357. The first-order valence-corrected chi connectivity index (χ1v) is 6.40. The van der Waals surface area contributed by atoms with Gasteiger partial charge in [-0.1, -0.05) is 35.5 Å². The predicted molar refractivity (Wildman–Crippen MR) is 73.6 cm³/mol. The van der Waals surface area contributed by atoms with Crippen molar-refractivity contribution >= 4 is 5.91 Å². The van der Waals surface area contributed by atoms with E-state index in [1.54, 1.807) is 14.0 Å². The van der Waals surface area contributed by atoms with E-state index in [0.29, 0.717) is 24.7 Å². The van der Waals surface area contributed by atoms with Crippen molar-refractivity contribution in [1.82, 2.24) is 15.0 Å². The second kappa shape index (κ2) is 6.29. The van der Waals surface area contributed by atoms with Gasteiger partial charge in [-0.3, -0.25) is 4.79 Å². The number of aromatic nitrogens is 2. The molecule has 2 N–H and O–H groups in total. The third-order valence-corrected chi connectivity index (χ3v) is 2.94. The molecule has 0 spiro atoms. The molecule has 6 heteroatoms. The molecule has 20 heavy (non-hydrogen) atoms. The number of rotatable bonds is 5. The second-order valence-corrected chi connectivity index (χ2v) is 4.72. The summed E-state index contributed by atoms with van der Waals surface area (Å²) in [5.74, 6) is 0.816. The number of likely N-dealkylation sites (N-methyl/N-ethyl adjacent to an activating group) is 1. The molecule has 0 saturated carbocycles. The predicted octanol–water partition coefficient (Wildman–Crippen LogP) is 0.906. The summed E-state index contributed by atoms with van der Waals surface area (Å²) in [5.41, 5.74) is 6.99. The van der Waals surface area contributed by atoms with Gasteiger partial charge >= 0.3 is 0 Å². The van der Waals surface area contributed by atoms with Gasteiger partial charge < -0.3 is 15.2 Å². The first-order chi connectivity index (χ1) is 9.56. The largest absolute Gasteiger partial charge is 0.340 e. The SMILES string of the molecule is Cc1nc(CN(C)C(=O)C(N)Cc2ccccc2)no1. The Hall–Kier alpha value is -2.21. The summed E-state index contributed by atoms with van der Waals surface area (Å²) in [6.07, 6.45) is 0.509. The van der Waals surface area contributed by atoms with Crippen LogP contribution in [0.25, 0.3) is 0 Å². The van der Waals surface area contributed by atoms with Gasteiger partial charge in [-0.15, -0.1) is 0 Å². The molecule has 0 aliphatic heterocycles. The van der Waals surface area contributed by atoms with Crippen molar-refractivity contribution in [2.24, 2.45) is 5.73 Å². The first kappa shape index (κ1) is 14.2. The van der Waals surface area contributed by atoms with E-state index in [1.807, 2.05) is 30.3 Å². The normalized spacial score (nSPS) is 12.2. The van der Waals surface area contributed by atoms with Crippen LogP contribution in [0, 0.1) is 6.92 Å². The number of hydrogen-bond acceptors (Lipinski definition) is 5. The van der Waals surface area contributed by atoms with Gasteiger partial charge in [0.25, 0.3) is 0 Å². The van der Waals surface area contributed by atoms with Crippen LogP contribution in [0.15, 0.2) is 34.9 Å². The maximum atomic E-state index is 12.2. The van der Waals surface area contributed by atoms with E-state index >= 15 is 0 Å². The van der Waals surface area contributed by atoms with E-state index in [9.17, 15) is 4.79 Å². The minimum atomic E-state index is -0.574. The molecular weight excluding hydrogens is 256 g/mol. The average molecular weight is 274 g/mol. The molecule has 0 bridgehead atoms. The summed E-state index contributed by atoms with van der Waals surface area (Å²) in [4.78, 5) is 17.7. The Morgan fingerprint density at radius 3 is 2.70 bits per heavy atom. The van der Waals surface area contributed by atoms with Crippen LogP contribution in [0.3, 0.4) is 0 Å². The molecule has 1 amide bonds. The number of benzene rings is 1. The summed E-state index contributed by atoms with van der Waals surface area (Å²) in [6.45, 7) is 2.00. The van der Waals surface area contributed by atoms with E-state index < -0.39 is 6.04 Å². The smallest absolute Gasteiger partial charge is 0.239 e. The van der Waals surface area contributed by atoms with Crippen LogP contribution in [-0.4, -0.2) is 34.0 Å². The Morgan fingerprint density at radius 1 is 1.40 bits per heavy atom. The van der Waals surface area contributed by atoms with Crippen LogP contribution in [-0.2, 0) is 17.8 Å². The second-order valence-electron chi connectivity index (χ2n) is 4.72. The zero-order chi connectivity index (χ0) is 14.5. The highest BCUT2D eigenvalue weighted by molar-refractivity contribution is 5.81. The highest BCUT2D eigenvalue weighted by Crippen LogP contribution is 2.06. The maximum Gasteiger partial charge on any atom is 0.239 e. The van der Waals surface area contributed by atoms with Gasteiger partial charge in [0.1, 0.15) is 0 Å². The highest BCUT2D eigenvalue weighted by Gasteiger charge is 2.19. The van der Waals surface area contributed by atoms with E-state index in [2.05, 4.69) is 10.1 Å². The van der Waals surface area contributed by atoms with Crippen molar-refractivity contribution in [3.63, 3.8) is 0 Å². The Morgan fingerprint density at radius 2 is 2.10 bits per heavy atom. The molecule has 2 rings (SSSR count). The Kier molecular flexibility index (Phi) is 4.47. The molecule has 0 radical (unpaired) electrons. The Balaban J connectivity index is 1.92. The molecule has 1 aromatic carbocycles. The van der Waals surface area contributed by atoms with E-state index in [4.69, 9.17) is 10.3 Å². The molecule has 1 atom stereocenters. The number of nitrogens with two attached hydrogens (primary N) is 1. The minimum Gasteiger partial charge on any atom is -0.340 e. The summed E-state index contributed by atoms with van der Waals surface area (Å²) in [7, 11) is 1.68. The van der Waals surface area contributed by atoms with Crippen molar-refractivity contribution in [1.29, 1.82) is 0 Å². The maximum absolute atomic E-state index is 12.2. The van der Waals surface area contributed by atoms with Gasteiger partial charge in [-0.2, -0.15) is 4.98 Å². The molecule has 0 saturated heterocycles. The third kappa shape index (κ3) is 3.64. The minimum absolute atomic E-state index is 0.142. The molecule has 0 aliphatic carbocycles. The standard InChI is InChI=1S/C14H18N4O2/c1-10-16-13(17-20-10)9-18(2)14(19)12(15)8-11-6-4-3-5-7-11/h3-7,12H,8-9,15H2,1-2H3. The molecule has 2 aromatic rings. The monoisotopic (exact) mass is 274 g/mol. The van der Waals surface area contributed by atoms with E-state index in [1.165, 1.54) is 4.90 Å². The first-order valence-electron chi connectivity index (χ1n) is 6.40. The van der Waals surface area contributed by atoms with E-state index in [0.717, 1.165) is 5.56 Å². The zero-order valence-electron chi connectivity index (χ0n) is 11.6. The number of aryl methyl sites for hydroxylation is 1. The highest BCUT2D eigenvalue weighted by atomic mass is 16.5. The Bertz CT molecular complexity index is 568. The van der Waals surface area contributed by atoms with Crippen LogP contribution < -0.4 is 5.73 Å². The van der Waals surface area contributed by atoms with E-state index in [-0.39, 0.29) is 5.91 Å². The number of nitrogens with zero attached hydrogens (tertiary/aromatic N) is 3. The zero-order valence-corrected chi connectivity index (χ0v) is 11.6. The van der Waals surface area contributed by atoms with Gasteiger partial charge in [0, 0.05) is 14.0 Å². The number of carbonyl (C=O) groups is 1. The van der Waals surface area contributed by atoms with Gasteiger partial charge in [-0.25, -0.2) is 0 Å². The number of hydrogen-bond donors (Lipinski definition) is 1. The van der Waals surface area contributed by atoms with Crippen molar-refractivity contribution in [3.05, 3.63) is 47.6 Å². The van der Waals surface area contributed by atoms with Gasteiger partial charge in [0.2, 0.25) is 11.8 Å². The van der Waals surface area contributed by atoms with Gasteiger partial charge in [0.15, 0.2) is 5.82 Å². The van der Waals surface area contributed by atoms with Crippen LogP contribution >= 0.6 is 0 Å². The lowest BCUT2D eigenvalue weighted by atomic mass is 10.1. The molecule has 0 aliphatic rings. The lowest BCUT2D eigenvalue weighted by molar-refractivity contribution is -0.131. The average Bonchev–Trinajstić information content (AvgIpc) is 2.84. The molecule has 1 unspecified atom stereocenters. The van der Waals surface area contributed by atoms with Crippen molar-refractivity contribution in [3.8, 4) is 0 Å². The molecule has 106 valence electrons. The van der Waals surface area contributed by atoms with Crippen molar-refractivity contribution in [2.45, 2.75) is 25.9 Å². The quantitative estimate of drug-likeness (QED) is 0.875. The third-order valence-electron chi connectivity index (χ3n) is 2.94. The molecule has 1 heterocycles. The fourth-order valence-corrected chi connectivity index (χ4v) is 1.93. The summed E-state index contributed by atoms with van der Waals surface area (Å²) >= 11 is 0. The molecule has 0 fully saturated rings. The van der Waals surface area contributed by atoms with Crippen molar-refractivity contribution < 1.29 is 9.32 Å². The Labute approximate surface area is 117 Å². The van der Waals surface area contributed by atoms with Crippen LogP contribution in [0.1, 0.15) is 17.3 Å². The molecule has 1 aromatic heterocycles. The van der Waals surface area contributed by atoms with Crippen molar-refractivity contribution in [2.75, 3.05) is 7.05 Å². The number of amides is 1. The van der Waals surface area contributed by atoms with Crippen LogP contribution in [0.2, 0.25) is 0 Å². The number of carbonyl (C=O) groups excluding carboxylic acids is 1. The lowest BCUT2D eigenvalue weighted by Gasteiger charge is -2.19. The summed E-state index contributed by atoms with van der Waals surface area (Å²) < 4.78 is 4.87. The molecule has 6 nitrogen and oxygen atoms in total. The summed E-state index contributed by atoms with van der Waals surface area (Å²) in [6, 6.07) is 9.12. The topological polar surface area (TPSA) is 85.2 Å². The molecular formula is C14H18N4O2. The lowest BCUT2D eigenvalue weighted by Crippen LogP contribution is -2.42. The summed E-state index contributed by atoms with van der Waals surface area (Å²) in [5, 5.41) is 3.76.